The van der Waals surface area contributed by atoms with E-state index < -0.39 is 47.1 Å². The number of rotatable bonds is 5. The van der Waals surface area contributed by atoms with Crippen molar-refractivity contribution in [2.75, 3.05) is 6.54 Å². The summed E-state index contributed by atoms with van der Waals surface area (Å²) in [5, 5.41) is 8.67. The molecular formula is C23H14F6N2O4S. The monoisotopic (exact) mass is 528 g/mol. The fraction of sp³-hybridized carbons (Fsp3) is 0.174. The number of aromatic nitrogens is 1. The molecule has 0 saturated carbocycles. The number of benzene rings is 2. The van der Waals surface area contributed by atoms with Crippen molar-refractivity contribution < 1.29 is 45.8 Å². The van der Waals surface area contributed by atoms with E-state index in [-0.39, 0.29) is 23.1 Å². The Bertz CT molecular complexity index is 1420. The fourth-order valence-electron chi connectivity index (χ4n) is 3.71. The van der Waals surface area contributed by atoms with Crippen molar-refractivity contribution in [3.63, 3.8) is 0 Å². The van der Waals surface area contributed by atoms with Crippen LogP contribution >= 0.6 is 11.8 Å². The minimum absolute atomic E-state index is 0.0135. The number of thioether (sulfide) groups is 1. The first-order valence-electron chi connectivity index (χ1n) is 10.1. The number of nitrogens with zero attached hydrogens (tertiary/aromatic N) is 2. The summed E-state index contributed by atoms with van der Waals surface area (Å²) < 4.78 is 80.7. The van der Waals surface area contributed by atoms with Gasteiger partial charge in [-0.15, -0.1) is 0 Å². The van der Waals surface area contributed by atoms with E-state index in [1.807, 2.05) is 0 Å². The van der Waals surface area contributed by atoms with E-state index in [1.54, 1.807) is 24.3 Å². The number of alkyl halides is 6. The summed E-state index contributed by atoms with van der Waals surface area (Å²) in [6, 6.07) is 7.79. The van der Waals surface area contributed by atoms with Crippen LogP contribution in [0.3, 0.4) is 0 Å². The van der Waals surface area contributed by atoms with Crippen LogP contribution in [0.2, 0.25) is 0 Å². The number of carbonyl (C=O) groups excluding carboxylic acids is 2. The Morgan fingerprint density at radius 2 is 1.69 bits per heavy atom. The first-order valence-corrected chi connectivity index (χ1v) is 10.9. The van der Waals surface area contributed by atoms with E-state index in [0.29, 0.717) is 39.2 Å². The van der Waals surface area contributed by atoms with E-state index >= 15 is 0 Å². The molecule has 1 aliphatic heterocycles. The van der Waals surface area contributed by atoms with Gasteiger partial charge in [-0.05, 0) is 59.3 Å². The lowest BCUT2D eigenvalue weighted by Crippen LogP contribution is -2.33. The highest BCUT2D eigenvalue weighted by Gasteiger charge is 2.38. The third-order valence-electron chi connectivity index (χ3n) is 5.34. The molecule has 6 nitrogen and oxygen atoms in total. The number of carboxylic acids is 1. The van der Waals surface area contributed by atoms with Gasteiger partial charge in [0, 0.05) is 23.6 Å². The van der Waals surface area contributed by atoms with Gasteiger partial charge in [0.25, 0.3) is 11.1 Å². The Hall–Kier alpha value is -3.74. The molecule has 1 saturated heterocycles. The van der Waals surface area contributed by atoms with Gasteiger partial charge in [0.1, 0.15) is 6.54 Å². The molecule has 1 N–H and O–H groups in total. The van der Waals surface area contributed by atoms with Gasteiger partial charge < -0.3 is 9.67 Å². The van der Waals surface area contributed by atoms with Gasteiger partial charge >= 0.3 is 18.3 Å². The predicted molar refractivity (Wildman–Crippen MR) is 118 cm³/mol. The molecule has 0 spiro atoms. The predicted octanol–water partition coefficient (Wildman–Crippen LogP) is 5.85. The molecule has 2 heterocycles. The third kappa shape index (κ3) is 5.10. The SMILES string of the molecule is O=C(O)CN1C(=O)SC(=Cc2ccc3c(ccn3Cc3ccc(C(F)(F)F)cc3C(F)(F)F)c2)C1=O. The molecule has 2 aromatic carbocycles. The maximum atomic E-state index is 13.5. The molecule has 1 aromatic heterocycles. The van der Waals surface area contributed by atoms with E-state index in [9.17, 15) is 40.7 Å². The lowest BCUT2D eigenvalue weighted by atomic mass is 10.0. The quantitative estimate of drug-likeness (QED) is 0.332. The van der Waals surface area contributed by atoms with Crippen LogP contribution in [-0.4, -0.2) is 38.2 Å². The second-order valence-electron chi connectivity index (χ2n) is 7.79. The fourth-order valence-corrected chi connectivity index (χ4v) is 4.55. The van der Waals surface area contributed by atoms with Crippen molar-refractivity contribution >= 4 is 45.9 Å². The smallest absolute Gasteiger partial charge is 0.416 e. The highest BCUT2D eigenvalue weighted by atomic mass is 32.2. The maximum absolute atomic E-state index is 13.5. The molecule has 1 fully saturated rings. The van der Waals surface area contributed by atoms with Crippen molar-refractivity contribution in [2.45, 2.75) is 18.9 Å². The van der Waals surface area contributed by atoms with Crippen molar-refractivity contribution in [1.82, 2.24) is 9.47 Å². The Labute approximate surface area is 202 Å². The van der Waals surface area contributed by atoms with Crippen LogP contribution in [0.15, 0.2) is 53.6 Å². The number of hydrogen-bond acceptors (Lipinski definition) is 4. The molecule has 1 aliphatic rings. The van der Waals surface area contributed by atoms with Gasteiger partial charge in [-0.25, -0.2) is 0 Å². The number of hydrogen-bond donors (Lipinski definition) is 1. The van der Waals surface area contributed by atoms with E-state index in [4.69, 9.17) is 5.11 Å². The topological polar surface area (TPSA) is 79.6 Å². The van der Waals surface area contributed by atoms with Crippen molar-refractivity contribution in [2.24, 2.45) is 0 Å². The Balaban J connectivity index is 1.63. The molecule has 0 atom stereocenters. The number of imide groups is 1. The minimum Gasteiger partial charge on any atom is -0.480 e. The second-order valence-corrected chi connectivity index (χ2v) is 8.78. The van der Waals surface area contributed by atoms with E-state index in [1.165, 1.54) is 16.8 Å². The zero-order valence-electron chi connectivity index (χ0n) is 17.9. The van der Waals surface area contributed by atoms with Crippen molar-refractivity contribution in [3.8, 4) is 0 Å². The molecule has 0 unspecified atom stereocenters. The van der Waals surface area contributed by atoms with Crippen LogP contribution in [0.1, 0.15) is 22.3 Å². The van der Waals surface area contributed by atoms with Crippen molar-refractivity contribution in [1.29, 1.82) is 0 Å². The second kappa shape index (κ2) is 9.04. The van der Waals surface area contributed by atoms with Crippen LogP contribution in [0.4, 0.5) is 31.1 Å². The summed E-state index contributed by atoms with van der Waals surface area (Å²) in [7, 11) is 0. The third-order valence-corrected chi connectivity index (χ3v) is 6.25. The van der Waals surface area contributed by atoms with Crippen LogP contribution in [-0.2, 0) is 28.5 Å². The first-order chi connectivity index (χ1) is 16.7. The zero-order chi connectivity index (χ0) is 26.4. The molecule has 13 heteroatoms. The maximum Gasteiger partial charge on any atom is 0.416 e. The average Bonchev–Trinajstić information content (AvgIpc) is 3.27. The largest absolute Gasteiger partial charge is 0.480 e. The summed E-state index contributed by atoms with van der Waals surface area (Å²) in [6.45, 7) is -1.11. The molecule has 2 amide bonds. The highest BCUT2D eigenvalue weighted by Crippen LogP contribution is 2.38. The first kappa shape index (κ1) is 25.4. The molecule has 4 rings (SSSR count). The van der Waals surface area contributed by atoms with Gasteiger partial charge in [-0.3, -0.25) is 19.3 Å². The van der Waals surface area contributed by atoms with Gasteiger partial charge in [0.15, 0.2) is 0 Å². The molecule has 0 bridgehead atoms. The Morgan fingerprint density at radius 3 is 2.33 bits per heavy atom. The molecule has 188 valence electrons. The number of aliphatic carboxylic acids is 1. The molecule has 3 aromatic rings. The standard InChI is InChI=1S/C23H14F6N2O4S/c24-22(25,26)15-3-2-14(16(9-15)23(27,28)29)10-30-6-5-13-7-12(1-4-17(13)30)8-18-20(34)31(11-19(32)33)21(35)36-18/h1-9H,10-11H2,(H,32,33). The highest BCUT2D eigenvalue weighted by molar-refractivity contribution is 8.18. The Morgan fingerprint density at radius 1 is 0.972 bits per heavy atom. The lowest BCUT2D eigenvalue weighted by Gasteiger charge is -2.17. The minimum atomic E-state index is -4.99. The number of carbonyl (C=O) groups is 3. The number of carboxylic acid groups (broad SMARTS) is 1. The number of halogens is 6. The molecular weight excluding hydrogens is 514 g/mol. The molecule has 0 radical (unpaired) electrons. The Kier molecular flexibility index (Phi) is 6.37. The van der Waals surface area contributed by atoms with Gasteiger partial charge in [0.2, 0.25) is 0 Å². The summed E-state index contributed by atoms with van der Waals surface area (Å²) in [5.41, 5.74) is -2.16. The van der Waals surface area contributed by atoms with Crippen LogP contribution in [0.25, 0.3) is 17.0 Å². The molecule has 36 heavy (non-hydrogen) atoms. The summed E-state index contributed by atoms with van der Waals surface area (Å²) >= 11 is 0.581. The van der Waals surface area contributed by atoms with E-state index in [0.717, 1.165) is 6.07 Å². The lowest BCUT2D eigenvalue weighted by molar-refractivity contribution is -0.143. The summed E-state index contributed by atoms with van der Waals surface area (Å²) in [6.07, 6.45) is -7.04. The normalized spacial score (nSPS) is 15.9. The van der Waals surface area contributed by atoms with Gasteiger partial charge in [0.05, 0.1) is 16.0 Å². The van der Waals surface area contributed by atoms with Crippen molar-refractivity contribution in [3.05, 3.63) is 75.8 Å². The van der Waals surface area contributed by atoms with Gasteiger partial charge in [-0.2, -0.15) is 26.3 Å². The number of fused-ring (bicyclic) bond motifs is 1. The summed E-state index contributed by atoms with van der Waals surface area (Å²) in [4.78, 5) is 35.7. The zero-order valence-corrected chi connectivity index (χ0v) is 18.7. The van der Waals surface area contributed by atoms with Crippen LogP contribution in [0.5, 0.6) is 0 Å². The van der Waals surface area contributed by atoms with Gasteiger partial charge in [-0.1, -0.05) is 12.1 Å². The molecule has 0 aliphatic carbocycles. The number of amides is 2. The van der Waals surface area contributed by atoms with Crippen LogP contribution in [0, 0.1) is 0 Å². The summed E-state index contributed by atoms with van der Waals surface area (Å²) in [5.74, 6) is -2.10. The van der Waals surface area contributed by atoms with E-state index in [2.05, 4.69) is 0 Å². The van der Waals surface area contributed by atoms with Crippen LogP contribution < -0.4 is 0 Å². The average molecular weight is 528 g/mol.